The second kappa shape index (κ2) is 9.03. The molecule has 3 aromatic rings. The molecule has 1 saturated carbocycles. The number of H-pyrrole nitrogens is 1. The van der Waals surface area contributed by atoms with E-state index in [0.29, 0.717) is 17.7 Å². The van der Waals surface area contributed by atoms with Gasteiger partial charge in [0.1, 0.15) is 11.3 Å². The molecule has 0 bridgehead atoms. The Hall–Kier alpha value is -2.72. The minimum Gasteiger partial charge on any atom is -0.490 e. The van der Waals surface area contributed by atoms with E-state index >= 15 is 0 Å². The molecular formula is C22H25F2N3O4S. The Balaban J connectivity index is 1.73. The van der Waals surface area contributed by atoms with Crippen molar-refractivity contribution < 1.29 is 21.9 Å². The lowest BCUT2D eigenvalue weighted by Gasteiger charge is -2.29. The lowest BCUT2D eigenvalue weighted by molar-refractivity contribution is -0.0581. The Morgan fingerprint density at radius 2 is 1.97 bits per heavy atom. The van der Waals surface area contributed by atoms with Crippen LogP contribution in [0, 0.1) is 0 Å². The van der Waals surface area contributed by atoms with E-state index in [0.717, 1.165) is 22.1 Å². The molecule has 2 heterocycles. The van der Waals surface area contributed by atoms with Crippen LogP contribution in [0.4, 0.5) is 8.78 Å². The fraction of sp³-hybridized carbons (Fsp3) is 0.409. The van der Waals surface area contributed by atoms with Crippen molar-refractivity contribution in [3.05, 3.63) is 52.6 Å². The number of rotatable bonds is 7. The maximum absolute atomic E-state index is 13.6. The number of halogens is 2. The highest BCUT2D eigenvalue weighted by molar-refractivity contribution is 7.70. The summed E-state index contributed by atoms with van der Waals surface area (Å²) in [4.78, 5) is 15.4. The van der Waals surface area contributed by atoms with E-state index < -0.39 is 16.8 Å². The number of aryl methyl sites for hydroxylation is 1. The molecule has 1 fully saturated rings. The molecule has 0 amide bonds. The lowest BCUT2D eigenvalue weighted by atomic mass is 9.93. The van der Waals surface area contributed by atoms with Crippen LogP contribution in [0.2, 0.25) is 0 Å². The van der Waals surface area contributed by atoms with Crippen molar-refractivity contribution in [3.63, 3.8) is 0 Å². The number of hydrogen-bond donors (Lipinski definition) is 3. The molecule has 0 unspecified atom stereocenters. The summed E-state index contributed by atoms with van der Waals surface area (Å²) in [5.41, 5.74) is 2.68. The third kappa shape index (κ3) is 4.86. The number of aromatic amines is 1. The van der Waals surface area contributed by atoms with E-state index in [1.807, 2.05) is 18.2 Å². The van der Waals surface area contributed by atoms with Gasteiger partial charge < -0.3 is 14.3 Å². The molecule has 0 spiro atoms. The van der Waals surface area contributed by atoms with Crippen molar-refractivity contribution >= 4 is 21.8 Å². The van der Waals surface area contributed by atoms with E-state index in [1.54, 1.807) is 25.5 Å². The first-order chi connectivity index (χ1) is 15.2. The number of nitrogens with one attached hydrogen (secondary N) is 2. The van der Waals surface area contributed by atoms with Gasteiger partial charge in [-0.25, -0.2) is 21.9 Å². The third-order valence-corrected chi connectivity index (χ3v) is 6.32. The van der Waals surface area contributed by atoms with E-state index in [9.17, 15) is 22.0 Å². The fourth-order valence-electron chi connectivity index (χ4n) is 4.13. The molecule has 2 aromatic heterocycles. The predicted octanol–water partition coefficient (Wildman–Crippen LogP) is 3.15. The van der Waals surface area contributed by atoms with E-state index in [2.05, 4.69) is 9.71 Å². The molecule has 1 aromatic carbocycles. The quantitative estimate of drug-likeness (QED) is 0.468. The summed E-state index contributed by atoms with van der Waals surface area (Å²) in [6.07, 6.45) is 3.69. The van der Waals surface area contributed by atoms with E-state index in [1.165, 1.54) is 4.57 Å². The van der Waals surface area contributed by atoms with Crippen LogP contribution in [-0.4, -0.2) is 36.5 Å². The highest BCUT2D eigenvalue weighted by Gasteiger charge is 2.36. The molecule has 1 aliphatic carbocycles. The molecule has 0 radical (unpaired) electrons. The summed E-state index contributed by atoms with van der Waals surface area (Å²) >= 11 is 0. The van der Waals surface area contributed by atoms with Crippen LogP contribution in [-0.2, 0) is 24.4 Å². The summed E-state index contributed by atoms with van der Waals surface area (Å²) in [7, 11) is -1.02. The first-order valence-electron chi connectivity index (χ1n) is 10.5. The average molecular weight is 466 g/mol. The van der Waals surface area contributed by atoms with Gasteiger partial charge in [-0.05, 0) is 43.0 Å². The normalized spacial score (nSPS) is 16.6. The number of aromatic nitrogens is 2. The molecule has 2 N–H and O–H groups in total. The summed E-state index contributed by atoms with van der Waals surface area (Å²) in [5.74, 6) is -2.09. The van der Waals surface area contributed by atoms with Crippen LogP contribution in [0.3, 0.4) is 0 Å². The Kier molecular flexibility index (Phi) is 6.34. The second-order valence-corrected chi connectivity index (χ2v) is 8.97. The summed E-state index contributed by atoms with van der Waals surface area (Å²) < 4.78 is 58.8. The summed E-state index contributed by atoms with van der Waals surface area (Å²) in [6.45, 7) is 0.253. The zero-order valence-electron chi connectivity index (χ0n) is 17.6. The van der Waals surface area contributed by atoms with E-state index in [-0.39, 0.29) is 43.9 Å². The van der Waals surface area contributed by atoms with Crippen molar-refractivity contribution in [1.29, 1.82) is 0 Å². The van der Waals surface area contributed by atoms with Gasteiger partial charge in [-0.1, -0.05) is 6.07 Å². The largest absolute Gasteiger partial charge is 0.490 e. The Morgan fingerprint density at radius 1 is 1.22 bits per heavy atom. The van der Waals surface area contributed by atoms with Gasteiger partial charge in [-0.3, -0.25) is 4.79 Å². The molecule has 172 valence electrons. The maximum atomic E-state index is 13.6. The van der Waals surface area contributed by atoms with Gasteiger partial charge >= 0.3 is 0 Å². The number of hydrogen-bond acceptors (Lipinski definition) is 4. The molecule has 1 aliphatic rings. The number of benzene rings is 1. The first-order valence-corrected chi connectivity index (χ1v) is 11.6. The van der Waals surface area contributed by atoms with Crippen molar-refractivity contribution in [3.8, 4) is 16.9 Å². The standard InChI is InChI=1S/C22H25F2N3O4S/c1-27-13-18(16-7-10-25-20(16)21(27)28)17-12-14(6-11-26-32(29)30)2-3-19(17)31-15-4-8-22(23,24)9-5-15/h2-3,7,10,12-13,15,25,32H,4-6,8-9,11H2,1H3,(H,26,29,30). The molecule has 32 heavy (non-hydrogen) atoms. The predicted molar refractivity (Wildman–Crippen MR) is 119 cm³/mol. The number of nitrogens with zero attached hydrogens (tertiary/aromatic N) is 1. The fourth-order valence-corrected chi connectivity index (χ4v) is 4.43. The van der Waals surface area contributed by atoms with Gasteiger partial charge in [0, 0.05) is 55.3 Å². The van der Waals surface area contributed by atoms with Crippen LogP contribution in [0.5, 0.6) is 5.75 Å². The van der Waals surface area contributed by atoms with Gasteiger partial charge in [0.15, 0.2) is 0 Å². The highest BCUT2D eigenvalue weighted by Crippen LogP contribution is 2.39. The van der Waals surface area contributed by atoms with E-state index in [4.69, 9.17) is 4.74 Å². The minimum absolute atomic E-state index is 0.162. The van der Waals surface area contributed by atoms with Crippen LogP contribution in [0.15, 0.2) is 41.5 Å². The third-order valence-electron chi connectivity index (χ3n) is 5.84. The van der Waals surface area contributed by atoms with Gasteiger partial charge in [0.05, 0.1) is 6.10 Å². The number of thiol groups is 1. The van der Waals surface area contributed by atoms with Gasteiger partial charge in [-0.2, -0.15) is 0 Å². The van der Waals surface area contributed by atoms with Crippen LogP contribution < -0.4 is 15.0 Å². The smallest absolute Gasteiger partial charge is 0.274 e. The van der Waals surface area contributed by atoms with Crippen molar-refractivity contribution in [1.82, 2.24) is 14.3 Å². The first kappa shape index (κ1) is 22.5. The highest BCUT2D eigenvalue weighted by atomic mass is 32.2. The average Bonchev–Trinajstić information content (AvgIpc) is 3.23. The van der Waals surface area contributed by atoms with Crippen LogP contribution >= 0.6 is 0 Å². The minimum atomic E-state index is -2.68. The van der Waals surface area contributed by atoms with Crippen molar-refractivity contribution in [2.24, 2.45) is 7.05 Å². The lowest BCUT2D eigenvalue weighted by Crippen LogP contribution is -2.30. The number of alkyl halides is 2. The molecule has 0 aliphatic heterocycles. The Labute approximate surface area is 185 Å². The molecule has 0 saturated heterocycles. The molecular weight excluding hydrogens is 440 g/mol. The zero-order chi connectivity index (χ0) is 22.9. The Morgan fingerprint density at radius 3 is 2.69 bits per heavy atom. The zero-order valence-corrected chi connectivity index (χ0v) is 18.5. The van der Waals surface area contributed by atoms with Crippen LogP contribution in [0.1, 0.15) is 31.2 Å². The molecule has 0 atom stereocenters. The number of fused-ring (bicyclic) bond motifs is 1. The SMILES string of the molecule is Cn1cc(-c2cc(CCN[SH](=O)=O)ccc2OC2CCC(F)(F)CC2)c2cc[nH]c2c1=O. The Bertz CT molecular complexity index is 1250. The van der Waals surface area contributed by atoms with Gasteiger partial charge in [-0.15, -0.1) is 0 Å². The maximum Gasteiger partial charge on any atom is 0.274 e. The molecule has 10 heteroatoms. The van der Waals surface area contributed by atoms with Gasteiger partial charge in [0.25, 0.3) is 5.56 Å². The second-order valence-electron chi connectivity index (χ2n) is 8.14. The topological polar surface area (TPSA) is 93.2 Å². The summed E-state index contributed by atoms with van der Waals surface area (Å²) in [6, 6.07) is 7.34. The summed E-state index contributed by atoms with van der Waals surface area (Å²) in [5, 5.41) is 0.728. The van der Waals surface area contributed by atoms with Crippen molar-refractivity contribution in [2.75, 3.05) is 6.54 Å². The number of pyridine rings is 1. The van der Waals surface area contributed by atoms with Crippen LogP contribution in [0.25, 0.3) is 22.0 Å². The van der Waals surface area contributed by atoms with Crippen molar-refractivity contribution in [2.45, 2.75) is 44.1 Å². The molecule has 4 rings (SSSR count). The van der Waals surface area contributed by atoms with Gasteiger partial charge in [0.2, 0.25) is 16.8 Å². The molecule has 7 nitrogen and oxygen atoms in total. The monoisotopic (exact) mass is 465 g/mol. The number of ether oxygens (including phenoxy) is 1.